The maximum Gasteiger partial charge on any atom is 0.335 e. The molecule has 2 rings (SSSR count). The minimum atomic E-state index is -1.02. The zero-order valence-corrected chi connectivity index (χ0v) is 9.82. The summed E-state index contributed by atoms with van der Waals surface area (Å²) in [4.78, 5) is 12.9. The zero-order valence-electron chi connectivity index (χ0n) is 9.82. The van der Waals surface area contributed by atoms with Crippen molar-refractivity contribution in [3.63, 3.8) is 0 Å². The summed E-state index contributed by atoms with van der Waals surface area (Å²) in [5.41, 5.74) is 0.600. The van der Waals surface area contributed by atoms with Crippen molar-refractivity contribution >= 4 is 5.97 Å². The molecule has 0 aliphatic heterocycles. The quantitative estimate of drug-likeness (QED) is 0.874. The van der Waals surface area contributed by atoms with Crippen molar-refractivity contribution in [2.75, 3.05) is 7.05 Å². The van der Waals surface area contributed by atoms with E-state index in [1.54, 1.807) is 0 Å². The van der Waals surface area contributed by atoms with Crippen LogP contribution in [-0.2, 0) is 6.54 Å². The number of carboxylic acids is 1. The number of aromatic carboxylic acids is 1. The van der Waals surface area contributed by atoms with Crippen LogP contribution in [0.5, 0.6) is 0 Å². The number of halogens is 1. The second-order valence-corrected chi connectivity index (χ2v) is 4.61. The molecule has 0 spiro atoms. The van der Waals surface area contributed by atoms with E-state index in [0.717, 1.165) is 12.8 Å². The third kappa shape index (κ3) is 2.64. The van der Waals surface area contributed by atoms with Crippen LogP contribution in [0.4, 0.5) is 4.39 Å². The first-order valence-corrected chi connectivity index (χ1v) is 5.80. The second-order valence-electron chi connectivity index (χ2n) is 4.61. The van der Waals surface area contributed by atoms with Gasteiger partial charge < -0.3 is 5.11 Å². The lowest BCUT2D eigenvalue weighted by Gasteiger charge is -2.34. The van der Waals surface area contributed by atoms with Gasteiger partial charge in [0.05, 0.1) is 5.56 Å². The van der Waals surface area contributed by atoms with E-state index >= 15 is 0 Å². The summed E-state index contributed by atoms with van der Waals surface area (Å²) in [6.07, 6.45) is 3.53. The number of hydrogen-bond donors (Lipinski definition) is 1. The molecule has 1 N–H and O–H groups in total. The van der Waals surface area contributed by atoms with Crippen molar-refractivity contribution in [1.29, 1.82) is 0 Å². The van der Waals surface area contributed by atoms with Gasteiger partial charge in [-0.15, -0.1) is 0 Å². The normalized spacial score (nSPS) is 15.9. The number of hydrogen-bond acceptors (Lipinski definition) is 2. The van der Waals surface area contributed by atoms with E-state index in [2.05, 4.69) is 4.90 Å². The molecular formula is C13H16FNO2. The van der Waals surface area contributed by atoms with E-state index in [1.807, 2.05) is 7.05 Å². The maximum absolute atomic E-state index is 13.6. The highest BCUT2D eigenvalue weighted by Crippen LogP contribution is 2.25. The summed E-state index contributed by atoms with van der Waals surface area (Å²) in [6.45, 7) is 0.470. The van der Waals surface area contributed by atoms with Gasteiger partial charge in [-0.2, -0.15) is 0 Å². The van der Waals surface area contributed by atoms with Gasteiger partial charge in [-0.3, -0.25) is 4.90 Å². The Labute approximate surface area is 99.9 Å². The van der Waals surface area contributed by atoms with Gasteiger partial charge in [0.1, 0.15) is 5.82 Å². The molecule has 1 aliphatic carbocycles. The van der Waals surface area contributed by atoms with Gasteiger partial charge in [0.15, 0.2) is 0 Å². The average Bonchev–Trinajstić information content (AvgIpc) is 2.18. The Hall–Kier alpha value is -1.42. The fourth-order valence-electron chi connectivity index (χ4n) is 2.05. The fourth-order valence-corrected chi connectivity index (χ4v) is 2.05. The van der Waals surface area contributed by atoms with Gasteiger partial charge in [0.25, 0.3) is 0 Å². The summed E-state index contributed by atoms with van der Waals surface area (Å²) in [6, 6.07) is 4.47. The van der Waals surface area contributed by atoms with Crippen molar-refractivity contribution in [3.8, 4) is 0 Å². The Balaban J connectivity index is 2.13. The molecule has 0 unspecified atom stereocenters. The molecule has 0 heterocycles. The molecule has 17 heavy (non-hydrogen) atoms. The monoisotopic (exact) mass is 237 g/mol. The van der Waals surface area contributed by atoms with Gasteiger partial charge in [0.2, 0.25) is 0 Å². The molecule has 0 atom stereocenters. The Morgan fingerprint density at radius 1 is 1.53 bits per heavy atom. The fraction of sp³-hybridized carbons (Fsp3) is 0.462. The third-order valence-corrected chi connectivity index (χ3v) is 3.41. The van der Waals surface area contributed by atoms with Crippen LogP contribution >= 0.6 is 0 Å². The first-order valence-electron chi connectivity index (χ1n) is 5.80. The highest BCUT2D eigenvalue weighted by molar-refractivity contribution is 5.87. The van der Waals surface area contributed by atoms with Crippen LogP contribution in [0.15, 0.2) is 18.2 Å². The summed E-state index contributed by atoms with van der Waals surface area (Å²) in [7, 11) is 1.96. The summed E-state index contributed by atoms with van der Waals surface area (Å²) >= 11 is 0. The number of carbonyl (C=O) groups is 1. The van der Waals surface area contributed by atoms with Gasteiger partial charge in [0, 0.05) is 18.2 Å². The van der Waals surface area contributed by atoms with E-state index in [1.165, 1.54) is 24.6 Å². The molecular weight excluding hydrogens is 221 g/mol. The molecule has 0 aromatic heterocycles. The van der Waals surface area contributed by atoms with Gasteiger partial charge in [-0.25, -0.2) is 9.18 Å². The molecule has 1 aromatic carbocycles. The highest BCUT2D eigenvalue weighted by Gasteiger charge is 2.22. The van der Waals surface area contributed by atoms with E-state index < -0.39 is 5.97 Å². The molecule has 1 fully saturated rings. The summed E-state index contributed by atoms with van der Waals surface area (Å²) in [5.74, 6) is -1.35. The largest absolute Gasteiger partial charge is 0.478 e. The Bertz CT molecular complexity index is 429. The summed E-state index contributed by atoms with van der Waals surface area (Å²) < 4.78 is 13.6. The van der Waals surface area contributed by atoms with E-state index in [-0.39, 0.29) is 11.4 Å². The van der Waals surface area contributed by atoms with Crippen molar-refractivity contribution in [2.24, 2.45) is 0 Å². The van der Waals surface area contributed by atoms with Crippen LogP contribution in [0.1, 0.15) is 35.2 Å². The molecule has 1 saturated carbocycles. The van der Waals surface area contributed by atoms with Crippen LogP contribution in [0.2, 0.25) is 0 Å². The third-order valence-electron chi connectivity index (χ3n) is 3.41. The van der Waals surface area contributed by atoms with Crippen LogP contribution in [0.3, 0.4) is 0 Å². The lowest BCUT2D eigenvalue weighted by Crippen LogP contribution is -2.36. The predicted octanol–water partition coefficient (Wildman–Crippen LogP) is 2.51. The molecule has 0 amide bonds. The first-order chi connectivity index (χ1) is 8.08. The van der Waals surface area contributed by atoms with E-state index in [4.69, 9.17) is 5.11 Å². The molecule has 0 saturated heterocycles. The molecule has 1 aliphatic rings. The number of benzene rings is 1. The van der Waals surface area contributed by atoms with Crippen LogP contribution < -0.4 is 0 Å². The Kier molecular flexibility index (Phi) is 3.43. The van der Waals surface area contributed by atoms with Gasteiger partial charge >= 0.3 is 5.97 Å². The van der Waals surface area contributed by atoms with Crippen LogP contribution in [-0.4, -0.2) is 29.1 Å². The number of rotatable bonds is 4. The Morgan fingerprint density at radius 3 is 2.76 bits per heavy atom. The smallest absolute Gasteiger partial charge is 0.335 e. The topological polar surface area (TPSA) is 40.5 Å². The van der Waals surface area contributed by atoms with Crippen molar-refractivity contribution in [2.45, 2.75) is 31.8 Å². The predicted molar refractivity (Wildman–Crippen MR) is 62.5 cm³/mol. The van der Waals surface area contributed by atoms with E-state index in [9.17, 15) is 9.18 Å². The zero-order chi connectivity index (χ0) is 12.4. The molecule has 0 bridgehead atoms. The average molecular weight is 237 g/mol. The SMILES string of the molecule is CN(Cc1cc(C(=O)O)ccc1F)C1CCC1. The molecule has 0 radical (unpaired) electrons. The molecule has 92 valence electrons. The first kappa shape index (κ1) is 12.0. The van der Waals surface area contributed by atoms with E-state index in [0.29, 0.717) is 18.2 Å². The van der Waals surface area contributed by atoms with Crippen molar-refractivity contribution < 1.29 is 14.3 Å². The summed E-state index contributed by atoms with van der Waals surface area (Å²) in [5, 5.41) is 8.86. The molecule has 1 aromatic rings. The number of nitrogens with zero attached hydrogens (tertiary/aromatic N) is 1. The van der Waals surface area contributed by atoms with Crippen molar-refractivity contribution in [3.05, 3.63) is 35.1 Å². The maximum atomic E-state index is 13.6. The van der Waals surface area contributed by atoms with Crippen LogP contribution in [0, 0.1) is 5.82 Å². The minimum absolute atomic E-state index is 0.142. The number of carboxylic acid groups (broad SMARTS) is 1. The van der Waals surface area contributed by atoms with Crippen LogP contribution in [0.25, 0.3) is 0 Å². The van der Waals surface area contributed by atoms with Crippen molar-refractivity contribution in [1.82, 2.24) is 4.90 Å². The highest BCUT2D eigenvalue weighted by atomic mass is 19.1. The van der Waals surface area contributed by atoms with Gasteiger partial charge in [-0.05, 0) is 38.1 Å². The lowest BCUT2D eigenvalue weighted by atomic mass is 9.91. The lowest BCUT2D eigenvalue weighted by molar-refractivity contribution is 0.0696. The van der Waals surface area contributed by atoms with Gasteiger partial charge in [-0.1, -0.05) is 6.42 Å². The standard InChI is InChI=1S/C13H16FNO2/c1-15(11-3-2-4-11)8-10-7-9(13(16)17)5-6-12(10)14/h5-7,11H,2-4,8H2,1H3,(H,16,17). The molecule has 3 nitrogen and oxygen atoms in total. The Morgan fingerprint density at radius 2 is 2.24 bits per heavy atom. The molecule has 4 heteroatoms. The minimum Gasteiger partial charge on any atom is -0.478 e. The second kappa shape index (κ2) is 4.84.